The summed E-state index contributed by atoms with van der Waals surface area (Å²) in [4.78, 5) is 2.01. The Hall–Kier alpha value is -2.00. The van der Waals surface area contributed by atoms with E-state index in [1.807, 2.05) is 72.0 Å². The maximum absolute atomic E-state index is 11.9. The van der Waals surface area contributed by atoms with Crippen LogP contribution in [0.2, 0.25) is 5.02 Å². The van der Waals surface area contributed by atoms with Crippen LogP contribution in [-0.4, -0.2) is 52.3 Å². The van der Waals surface area contributed by atoms with E-state index in [4.69, 9.17) is 28.9 Å². The van der Waals surface area contributed by atoms with Gasteiger partial charge in [0.2, 0.25) is 4.77 Å². The van der Waals surface area contributed by atoms with E-state index in [0.717, 1.165) is 16.8 Å². The molecule has 0 amide bonds. The predicted molar refractivity (Wildman–Crippen MR) is 122 cm³/mol. The van der Waals surface area contributed by atoms with Crippen molar-refractivity contribution >= 4 is 33.7 Å². The van der Waals surface area contributed by atoms with E-state index in [-0.39, 0.29) is 17.5 Å². The number of aryl methyl sites for hydroxylation is 1. The first-order chi connectivity index (χ1) is 14.2. The monoisotopic (exact) mass is 462 g/mol. The fraction of sp³-hybridized carbons (Fsp3) is 0.333. The van der Waals surface area contributed by atoms with Crippen LogP contribution in [0.1, 0.15) is 12.0 Å². The number of rotatable bonds is 5. The lowest BCUT2D eigenvalue weighted by Gasteiger charge is -2.22. The van der Waals surface area contributed by atoms with Gasteiger partial charge in [0, 0.05) is 22.3 Å². The summed E-state index contributed by atoms with van der Waals surface area (Å²) >= 11 is 11.8. The smallest absolute Gasteiger partial charge is 0.204 e. The van der Waals surface area contributed by atoms with E-state index in [1.165, 1.54) is 0 Å². The molecule has 0 spiro atoms. The topological polar surface area (TPSA) is 60.1 Å². The lowest BCUT2D eigenvalue weighted by molar-refractivity contribution is 0.196. The average molecular weight is 463 g/mol. The molecule has 0 aliphatic carbocycles. The van der Waals surface area contributed by atoms with Gasteiger partial charge in [0.15, 0.2) is 15.7 Å². The van der Waals surface area contributed by atoms with Gasteiger partial charge in [-0.3, -0.25) is 9.47 Å². The molecule has 1 saturated heterocycles. The minimum absolute atomic E-state index is 0.0274. The zero-order chi connectivity index (χ0) is 21.5. The summed E-state index contributed by atoms with van der Waals surface area (Å²) in [5.74, 6) is 1.13. The van der Waals surface area contributed by atoms with Crippen molar-refractivity contribution in [2.75, 3.05) is 18.6 Å². The maximum atomic E-state index is 11.9. The van der Waals surface area contributed by atoms with Crippen LogP contribution in [0.25, 0.3) is 17.1 Å². The summed E-state index contributed by atoms with van der Waals surface area (Å²) in [7, 11) is -1.04. The molecule has 0 saturated carbocycles. The van der Waals surface area contributed by atoms with Gasteiger partial charge in [-0.05, 0) is 69.0 Å². The zero-order valence-corrected chi connectivity index (χ0v) is 19.2. The molecular formula is C21H23ClN4O2S2. The summed E-state index contributed by atoms with van der Waals surface area (Å²) in [6.07, 6.45) is 0.634. The molecule has 30 heavy (non-hydrogen) atoms. The summed E-state index contributed by atoms with van der Waals surface area (Å²) in [5, 5.41) is 5.45. The quantitative estimate of drug-likeness (QED) is 0.534. The van der Waals surface area contributed by atoms with E-state index in [1.54, 1.807) is 4.68 Å². The zero-order valence-electron chi connectivity index (χ0n) is 16.8. The maximum Gasteiger partial charge on any atom is 0.204 e. The highest BCUT2D eigenvalue weighted by molar-refractivity contribution is 7.91. The minimum Gasteiger partial charge on any atom is -0.283 e. The van der Waals surface area contributed by atoms with Crippen molar-refractivity contribution < 1.29 is 8.42 Å². The van der Waals surface area contributed by atoms with Gasteiger partial charge in [0.25, 0.3) is 0 Å². The van der Waals surface area contributed by atoms with Crippen LogP contribution in [0, 0.1) is 11.7 Å². The third kappa shape index (κ3) is 4.37. The van der Waals surface area contributed by atoms with Gasteiger partial charge >= 0.3 is 0 Å². The van der Waals surface area contributed by atoms with Gasteiger partial charge in [0.05, 0.1) is 18.2 Å². The predicted octanol–water partition coefficient (Wildman–Crippen LogP) is 4.11. The molecule has 9 heteroatoms. The van der Waals surface area contributed by atoms with Crippen molar-refractivity contribution in [2.24, 2.45) is 0 Å². The standard InChI is InChI=1S/C21H23ClN4O2S2/c1-15-3-9-18(10-4-15)26-20(16-5-7-17(22)8-6-16)23-25(21(26)29)14-24(2)19-11-12-30(27,28)13-19/h3-10,19H,11-14H2,1-2H3/t19-/m1/s1. The SMILES string of the molecule is Cc1ccc(-n2c(-c3ccc(Cl)cc3)nn(CN(C)[C@@H]3CCS(=O)(=O)C3)c2=S)cc1. The molecule has 2 heterocycles. The third-order valence-corrected chi connectivity index (χ3v) is 7.82. The van der Waals surface area contributed by atoms with Crippen molar-refractivity contribution in [1.82, 2.24) is 19.2 Å². The van der Waals surface area contributed by atoms with Crippen molar-refractivity contribution in [3.8, 4) is 17.1 Å². The van der Waals surface area contributed by atoms with E-state index in [0.29, 0.717) is 28.7 Å². The molecule has 0 unspecified atom stereocenters. The second kappa shape index (κ2) is 8.26. The molecular weight excluding hydrogens is 440 g/mol. The molecule has 0 N–H and O–H groups in total. The van der Waals surface area contributed by atoms with Gasteiger partial charge in [0.1, 0.15) is 0 Å². The second-order valence-corrected chi connectivity index (χ2v) is 10.8. The molecule has 158 valence electrons. The van der Waals surface area contributed by atoms with Gasteiger partial charge in [-0.2, -0.15) is 0 Å². The van der Waals surface area contributed by atoms with Crippen LogP contribution in [0.4, 0.5) is 0 Å². The van der Waals surface area contributed by atoms with Gasteiger partial charge < -0.3 is 0 Å². The largest absolute Gasteiger partial charge is 0.283 e. The van der Waals surface area contributed by atoms with Crippen LogP contribution in [0.15, 0.2) is 48.5 Å². The Balaban J connectivity index is 1.75. The fourth-order valence-corrected chi connectivity index (χ4v) is 5.88. The number of nitrogens with zero attached hydrogens (tertiary/aromatic N) is 4. The lowest BCUT2D eigenvalue weighted by Crippen LogP contribution is -2.34. The van der Waals surface area contributed by atoms with E-state index in [9.17, 15) is 8.42 Å². The molecule has 4 rings (SSSR count). The number of halogens is 1. The first kappa shape index (κ1) is 21.2. The Morgan fingerprint density at radius 1 is 1.17 bits per heavy atom. The van der Waals surface area contributed by atoms with Gasteiger partial charge in [-0.15, -0.1) is 5.10 Å². The summed E-state index contributed by atoms with van der Waals surface area (Å²) in [6.45, 7) is 2.45. The van der Waals surface area contributed by atoms with E-state index >= 15 is 0 Å². The Morgan fingerprint density at radius 3 is 2.43 bits per heavy atom. The molecule has 0 radical (unpaired) electrons. The second-order valence-electron chi connectivity index (χ2n) is 7.74. The fourth-order valence-electron chi connectivity index (χ4n) is 3.66. The highest BCUT2D eigenvalue weighted by Crippen LogP contribution is 2.25. The Morgan fingerprint density at radius 2 is 1.83 bits per heavy atom. The van der Waals surface area contributed by atoms with Gasteiger partial charge in [-0.1, -0.05) is 29.3 Å². The molecule has 6 nitrogen and oxygen atoms in total. The molecule has 1 aliphatic rings. The summed E-state index contributed by atoms with van der Waals surface area (Å²) in [5.41, 5.74) is 2.98. The molecule has 0 bridgehead atoms. The van der Waals surface area contributed by atoms with Crippen LogP contribution in [0.5, 0.6) is 0 Å². The highest BCUT2D eigenvalue weighted by atomic mass is 35.5. The average Bonchev–Trinajstić information content (AvgIpc) is 3.23. The molecule has 1 fully saturated rings. The lowest BCUT2D eigenvalue weighted by atomic mass is 10.2. The normalized spacial score (nSPS) is 18.2. The minimum atomic E-state index is -2.96. The van der Waals surface area contributed by atoms with Crippen molar-refractivity contribution in [3.63, 3.8) is 0 Å². The van der Waals surface area contributed by atoms with Crippen LogP contribution < -0.4 is 0 Å². The van der Waals surface area contributed by atoms with Crippen molar-refractivity contribution in [3.05, 3.63) is 63.9 Å². The van der Waals surface area contributed by atoms with Crippen molar-refractivity contribution in [2.45, 2.75) is 26.1 Å². The molecule has 1 aromatic heterocycles. The number of hydrogen-bond acceptors (Lipinski definition) is 5. The van der Waals surface area contributed by atoms with Crippen LogP contribution in [0.3, 0.4) is 0 Å². The van der Waals surface area contributed by atoms with E-state index in [2.05, 4.69) is 0 Å². The van der Waals surface area contributed by atoms with Crippen LogP contribution in [-0.2, 0) is 16.5 Å². The summed E-state index contributed by atoms with van der Waals surface area (Å²) in [6, 6.07) is 15.6. The Kier molecular flexibility index (Phi) is 5.85. The molecule has 2 aromatic carbocycles. The number of sulfone groups is 1. The first-order valence-electron chi connectivity index (χ1n) is 9.67. The van der Waals surface area contributed by atoms with Gasteiger partial charge in [-0.25, -0.2) is 13.1 Å². The highest BCUT2D eigenvalue weighted by Gasteiger charge is 2.31. The molecule has 3 aromatic rings. The number of aromatic nitrogens is 3. The van der Waals surface area contributed by atoms with E-state index < -0.39 is 9.84 Å². The molecule has 1 atom stereocenters. The Labute approximate surface area is 186 Å². The van der Waals surface area contributed by atoms with Crippen LogP contribution >= 0.6 is 23.8 Å². The Bertz CT molecular complexity index is 1220. The number of hydrogen-bond donors (Lipinski definition) is 0. The first-order valence-corrected chi connectivity index (χ1v) is 12.3. The molecule has 1 aliphatic heterocycles. The van der Waals surface area contributed by atoms with Crippen molar-refractivity contribution in [1.29, 1.82) is 0 Å². The number of benzene rings is 2. The summed E-state index contributed by atoms with van der Waals surface area (Å²) < 4.78 is 28.0. The third-order valence-electron chi connectivity index (χ3n) is 5.42.